The van der Waals surface area contributed by atoms with Crippen molar-refractivity contribution in [2.75, 3.05) is 23.3 Å². The molecule has 0 aliphatic carbocycles. The van der Waals surface area contributed by atoms with Crippen LogP contribution in [-0.4, -0.2) is 22.9 Å². The molecule has 1 N–H and O–H groups in total. The first kappa shape index (κ1) is 15.4. The van der Waals surface area contributed by atoms with Gasteiger partial charge < -0.3 is 10.2 Å². The fraction of sp³-hybridized carbons (Fsp3) is 0.471. The van der Waals surface area contributed by atoms with Gasteiger partial charge in [0, 0.05) is 32.4 Å². The van der Waals surface area contributed by atoms with Crippen LogP contribution in [0.2, 0.25) is 0 Å². The van der Waals surface area contributed by atoms with Crippen LogP contribution in [0, 0.1) is 13.8 Å². The fourth-order valence-electron chi connectivity index (χ4n) is 2.63. The van der Waals surface area contributed by atoms with Gasteiger partial charge in [-0.2, -0.15) is 5.10 Å². The van der Waals surface area contributed by atoms with Gasteiger partial charge in [0.05, 0.1) is 17.1 Å². The van der Waals surface area contributed by atoms with Gasteiger partial charge in [-0.25, -0.2) is 0 Å². The van der Waals surface area contributed by atoms with E-state index in [2.05, 4.69) is 60.4 Å². The molecule has 2 rings (SSSR count). The van der Waals surface area contributed by atoms with E-state index in [9.17, 15) is 0 Å². The molecule has 0 aliphatic rings. The Balaban J connectivity index is 2.04. The zero-order chi connectivity index (χ0) is 15.4. The largest absolute Gasteiger partial charge is 0.378 e. The van der Waals surface area contributed by atoms with Crippen molar-refractivity contribution >= 4 is 11.4 Å². The summed E-state index contributed by atoms with van der Waals surface area (Å²) in [4.78, 5) is 2.35. The van der Waals surface area contributed by atoms with E-state index in [4.69, 9.17) is 0 Å². The number of benzene rings is 1. The second-order valence-electron chi connectivity index (χ2n) is 5.36. The maximum absolute atomic E-state index is 4.43. The molecule has 21 heavy (non-hydrogen) atoms. The normalized spacial score (nSPS) is 10.7. The van der Waals surface area contributed by atoms with Gasteiger partial charge in [0.2, 0.25) is 0 Å². The number of anilines is 2. The van der Waals surface area contributed by atoms with Crippen LogP contribution in [0.15, 0.2) is 24.3 Å². The van der Waals surface area contributed by atoms with Crippen LogP contribution >= 0.6 is 0 Å². The zero-order valence-electron chi connectivity index (χ0n) is 13.8. The average Bonchev–Trinajstić information content (AvgIpc) is 2.73. The van der Waals surface area contributed by atoms with E-state index < -0.39 is 0 Å². The summed E-state index contributed by atoms with van der Waals surface area (Å²) in [7, 11) is 1.98. The maximum atomic E-state index is 4.43. The number of hydrogen-bond donors (Lipinski definition) is 1. The molecule has 1 heterocycles. The standard InChI is InChI=1S/C17H26N4/c1-6-21(7-2)16-10-8-15(9-11-16)12-18-17-13(3)19-20(5)14(17)4/h8-11,18H,6-7,12H2,1-5H3. The molecule has 0 amide bonds. The highest BCUT2D eigenvalue weighted by Gasteiger charge is 2.08. The molecule has 0 fully saturated rings. The van der Waals surface area contributed by atoms with Crippen molar-refractivity contribution in [3.63, 3.8) is 0 Å². The van der Waals surface area contributed by atoms with E-state index >= 15 is 0 Å². The Hall–Kier alpha value is -1.97. The first-order chi connectivity index (χ1) is 10.1. The summed E-state index contributed by atoms with van der Waals surface area (Å²) in [5.41, 5.74) is 5.94. The minimum Gasteiger partial charge on any atom is -0.378 e. The highest BCUT2D eigenvalue weighted by Crippen LogP contribution is 2.20. The maximum Gasteiger partial charge on any atom is 0.0827 e. The predicted octanol–water partition coefficient (Wildman–Crippen LogP) is 3.50. The van der Waals surface area contributed by atoms with Gasteiger partial charge in [0.15, 0.2) is 0 Å². The van der Waals surface area contributed by atoms with Crippen LogP contribution in [0.3, 0.4) is 0 Å². The third kappa shape index (κ3) is 3.38. The molecule has 0 radical (unpaired) electrons. The van der Waals surface area contributed by atoms with Gasteiger partial charge in [-0.3, -0.25) is 4.68 Å². The Labute approximate surface area is 127 Å². The smallest absolute Gasteiger partial charge is 0.0827 e. The Morgan fingerprint density at radius 3 is 2.19 bits per heavy atom. The Kier molecular flexibility index (Phi) is 4.89. The summed E-state index contributed by atoms with van der Waals surface area (Å²) >= 11 is 0. The molecule has 4 heteroatoms. The SMILES string of the molecule is CCN(CC)c1ccc(CNc2c(C)nn(C)c2C)cc1. The summed E-state index contributed by atoms with van der Waals surface area (Å²) in [6.45, 7) is 11.4. The van der Waals surface area contributed by atoms with Crippen LogP contribution in [0.1, 0.15) is 30.8 Å². The van der Waals surface area contributed by atoms with E-state index in [1.807, 2.05) is 18.7 Å². The van der Waals surface area contributed by atoms with Gasteiger partial charge in [-0.1, -0.05) is 12.1 Å². The van der Waals surface area contributed by atoms with Crippen LogP contribution in [0.25, 0.3) is 0 Å². The summed E-state index contributed by atoms with van der Waals surface area (Å²) in [6, 6.07) is 8.79. The van der Waals surface area contributed by atoms with Crippen molar-refractivity contribution in [3.8, 4) is 0 Å². The average molecular weight is 286 g/mol. The Bertz CT molecular complexity index is 580. The molecule has 0 saturated heterocycles. The number of aryl methyl sites for hydroxylation is 2. The number of rotatable bonds is 6. The number of nitrogens with zero attached hydrogens (tertiary/aromatic N) is 3. The third-order valence-corrected chi connectivity index (χ3v) is 4.04. The van der Waals surface area contributed by atoms with Gasteiger partial charge in [-0.05, 0) is 45.4 Å². The minimum absolute atomic E-state index is 0.825. The van der Waals surface area contributed by atoms with Gasteiger partial charge in [-0.15, -0.1) is 0 Å². The Morgan fingerprint density at radius 2 is 1.71 bits per heavy atom. The van der Waals surface area contributed by atoms with Crippen LogP contribution in [0.5, 0.6) is 0 Å². The van der Waals surface area contributed by atoms with Gasteiger partial charge in [0.25, 0.3) is 0 Å². The molecule has 1 aromatic carbocycles. The Morgan fingerprint density at radius 1 is 1.10 bits per heavy atom. The second-order valence-corrected chi connectivity index (χ2v) is 5.36. The molecule has 0 spiro atoms. The summed E-state index contributed by atoms with van der Waals surface area (Å²) in [5.74, 6) is 0. The third-order valence-electron chi connectivity index (χ3n) is 4.04. The van der Waals surface area contributed by atoms with Crippen LogP contribution < -0.4 is 10.2 Å². The minimum atomic E-state index is 0.825. The molecule has 4 nitrogen and oxygen atoms in total. The fourth-order valence-corrected chi connectivity index (χ4v) is 2.63. The lowest BCUT2D eigenvalue weighted by atomic mass is 10.2. The lowest BCUT2D eigenvalue weighted by Crippen LogP contribution is -2.21. The molecule has 2 aromatic rings. The summed E-state index contributed by atoms with van der Waals surface area (Å²) in [5, 5.41) is 7.93. The lowest BCUT2D eigenvalue weighted by molar-refractivity contribution is 0.731. The molecule has 1 aromatic heterocycles. The van der Waals surface area contributed by atoms with Crippen LogP contribution in [0.4, 0.5) is 11.4 Å². The number of nitrogens with one attached hydrogen (secondary N) is 1. The molecule has 0 unspecified atom stereocenters. The molecule has 0 saturated carbocycles. The monoisotopic (exact) mass is 286 g/mol. The van der Waals surface area contributed by atoms with Crippen molar-refractivity contribution in [3.05, 3.63) is 41.2 Å². The summed E-state index contributed by atoms with van der Waals surface area (Å²) in [6.07, 6.45) is 0. The van der Waals surface area contributed by atoms with Crippen molar-refractivity contribution in [1.29, 1.82) is 0 Å². The van der Waals surface area contributed by atoms with Gasteiger partial charge in [0.1, 0.15) is 0 Å². The van der Waals surface area contributed by atoms with Crippen molar-refractivity contribution in [2.24, 2.45) is 7.05 Å². The zero-order valence-corrected chi connectivity index (χ0v) is 13.8. The topological polar surface area (TPSA) is 33.1 Å². The quantitative estimate of drug-likeness (QED) is 0.882. The molecule has 0 atom stereocenters. The second kappa shape index (κ2) is 6.66. The first-order valence-corrected chi connectivity index (χ1v) is 7.64. The summed E-state index contributed by atoms with van der Waals surface area (Å²) < 4.78 is 1.92. The van der Waals surface area contributed by atoms with E-state index in [0.717, 1.165) is 31.0 Å². The molecular weight excluding hydrogens is 260 g/mol. The molecular formula is C17H26N4. The number of hydrogen-bond acceptors (Lipinski definition) is 3. The first-order valence-electron chi connectivity index (χ1n) is 7.64. The van der Waals surface area contributed by atoms with E-state index in [1.165, 1.54) is 16.9 Å². The molecule has 0 aliphatic heterocycles. The van der Waals surface area contributed by atoms with E-state index in [-0.39, 0.29) is 0 Å². The van der Waals surface area contributed by atoms with E-state index in [1.54, 1.807) is 0 Å². The highest BCUT2D eigenvalue weighted by molar-refractivity contribution is 5.53. The van der Waals surface area contributed by atoms with Crippen LogP contribution in [-0.2, 0) is 13.6 Å². The van der Waals surface area contributed by atoms with Gasteiger partial charge >= 0.3 is 0 Å². The van der Waals surface area contributed by atoms with Crippen molar-refractivity contribution < 1.29 is 0 Å². The number of aromatic nitrogens is 2. The highest BCUT2D eigenvalue weighted by atomic mass is 15.3. The molecule has 0 bridgehead atoms. The lowest BCUT2D eigenvalue weighted by Gasteiger charge is -2.21. The van der Waals surface area contributed by atoms with Crippen molar-refractivity contribution in [2.45, 2.75) is 34.2 Å². The molecule has 114 valence electrons. The predicted molar refractivity (Wildman–Crippen MR) is 90.0 cm³/mol. The van der Waals surface area contributed by atoms with E-state index in [0.29, 0.717) is 0 Å². The van der Waals surface area contributed by atoms with Crippen molar-refractivity contribution in [1.82, 2.24) is 9.78 Å².